The van der Waals surface area contributed by atoms with Crippen LogP contribution in [0.4, 0.5) is 5.69 Å². The van der Waals surface area contributed by atoms with Gasteiger partial charge in [-0.15, -0.1) is 0 Å². The lowest BCUT2D eigenvalue weighted by Crippen LogP contribution is -2.32. The first kappa shape index (κ1) is 17.0. The average molecular weight is 291 g/mol. The van der Waals surface area contributed by atoms with Crippen LogP contribution in [0.1, 0.15) is 45.1 Å². The molecule has 3 N–H and O–H groups in total. The zero-order valence-electron chi connectivity index (χ0n) is 13.0. The van der Waals surface area contributed by atoms with E-state index < -0.39 is 0 Å². The van der Waals surface area contributed by atoms with Gasteiger partial charge in [-0.25, -0.2) is 0 Å². The van der Waals surface area contributed by atoms with Gasteiger partial charge in [-0.05, 0) is 37.1 Å². The van der Waals surface area contributed by atoms with E-state index in [0.717, 1.165) is 31.4 Å². The van der Waals surface area contributed by atoms with E-state index in [4.69, 9.17) is 10.9 Å². The summed E-state index contributed by atoms with van der Waals surface area (Å²) in [7, 11) is 1.79. The van der Waals surface area contributed by atoms with E-state index in [1.165, 1.54) is 0 Å². The molecule has 1 atom stereocenters. The van der Waals surface area contributed by atoms with Gasteiger partial charge in [0.2, 0.25) is 5.91 Å². The molecule has 0 fully saturated rings. The Morgan fingerprint density at radius 2 is 1.95 bits per heavy atom. The first-order chi connectivity index (χ1) is 10.0. The smallest absolute Gasteiger partial charge is 0.229 e. The van der Waals surface area contributed by atoms with Crippen molar-refractivity contribution in [2.75, 3.05) is 11.9 Å². The van der Waals surface area contributed by atoms with Crippen LogP contribution in [-0.2, 0) is 4.79 Å². The van der Waals surface area contributed by atoms with Gasteiger partial charge in [-0.1, -0.05) is 31.8 Å². The minimum atomic E-state index is 0.0601. The van der Waals surface area contributed by atoms with Gasteiger partial charge in [0, 0.05) is 24.2 Å². The molecule has 5 heteroatoms. The number of nitrogens with two attached hydrogens (primary N) is 1. The van der Waals surface area contributed by atoms with Crippen molar-refractivity contribution in [1.29, 1.82) is 0 Å². The minimum Gasteiger partial charge on any atom is -0.409 e. The van der Waals surface area contributed by atoms with E-state index >= 15 is 0 Å². The molecule has 0 saturated carbocycles. The Morgan fingerprint density at radius 1 is 1.33 bits per heavy atom. The molecular weight excluding hydrogens is 266 g/mol. The van der Waals surface area contributed by atoms with E-state index in [2.05, 4.69) is 12.1 Å². The Morgan fingerprint density at radius 3 is 2.43 bits per heavy atom. The molecule has 1 rings (SSSR count). The molecule has 0 spiro atoms. The molecule has 0 aliphatic heterocycles. The maximum Gasteiger partial charge on any atom is 0.229 e. The summed E-state index contributed by atoms with van der Waals surface area (Å²) in [5.74, 6) is 0.270. The number of benzene rings is 1. The average Bonchev–Trinajstić information content (AvgIpc) is 2.54. The number of amidine groups is 1. The molecule has 0 saturated heterocycles. The summed E-state index contributed by atoms with van der Waals surface area (Å²) in [5.41, 5.74) is 6.96. The molecule has 0 aromatic heterocycles. The summed E-state index contributed by atoms with van der Waals surface area (Å²) in [6.45, 7) is 4.18. The third-order valence-corrected chi connectivity index (χ3v) is 3.74. The zero-order valence-corrected chi connectivity index (χ0v) is 13.0. The lowest BCUT2D eigenvalue weighted by Gasteiger charge is -2.23. The van der Waals surface area contributed by atoms with Crippen LogP contribution in [-0.4, -0.2) is 24.0 Å². The fourth-order valence-corrected chi connectivity index (χ4v) is 2.27. The van der Waals surface area contributed by atoms with Crippen molar-refractivity contribution in [2.45, 2.75) is 39.5 Å². The largest absolute Gasteiger partial charge is 0.409 e. The maximum atomic E-state index is 12.5. The summed E-state index contributed by atoms with van der Waals surface area (Å²) >= 11 is 0. The van der Waals surface area contributed by atoms with Gasteiger partial charge < -0.3 is 15.8 Å². The second-order valence-corrected chi connectivity index (χ2v) is 5.18. The van der Waals surface area contributed by atoms with Crippen LogP contribution in [0.25, 0.3) is 0 Å². The van der Waals surface area contributed by atoms with Crippen molar-refractivity contribution >= 4 is 17.4 Å². The van der Waals surface area contributed by atoms with Gasteiger partial charge in [0.25, 0.3) is 0 Å². The number of rotatable bonds is 7. The van der Waals surface area contributed by atoms with Crippen molar-refractivity contribution in [3.63, 3.8) is 0 Å². The molecule has 1 aromatic rings. The lowest BCUT2D eigenvalue weighted by molar-refractivity contribution is -0.122. The van der Waals surface area contributed by atoms with Crippen LogP contribution in [0.5, 0.6) is 0 Å². The van der Waals surface area contributed by atoms with Crippen LogP contribution in [0.15, 0.2) is 29.4 Å². The molecule has 0 bridgehead atoms. The molecule has 21 heavy (non-hydrogen) atoms. The van der Waals surface area contributed by atoms with Crippen LogP contribution in [0, 0.1) is 5.92 Å². The fraction of sp³-hybridized carbons (Fsp3) is 0.500. The Hall–Kier alpha value is -2.04. The van der Waals surface area contributed by atoms with Crippen molar-refractivity contribution < 1.29 is 10.0 Å². The minimum absolute atomic E-state index is 0.0601. The Kier molecular flexibility index (Phi) is 6.72. The first-order valence-electron chi connectivity index (χ1n) is 7.40. The van der Waals surface area contributed by atoms with Gasteiger partial charge in [-0.2, -0.15) is 0 Å². The number of carbonyl (C=O) groups is 1. The second-order valence-electron chi connectivity index (χ2n) is 5.18. The van der Waals surface area contributed by atoms with E-state index in [0.29, 0.717) is 5.56 Å². The lowest BCUT2D eigenvalue weighted by atomic mass is 9.97. The number of nitrogens with zero attached hydrogens (tertiary/aromatic N) is 2. The van der Waals surface area contributed by atoms with Gasteiger partial charge in [0.05, 0.1) is 0 Å². The molecule has 116 valence electrons. The van der Waals surface area contributed by atoms with Crippen LogP contribution >= 0.6 is 0 Å². The van der Waals surface area contributed by atoms with Gasteiger partial charge in [0.15, 0.2) is 5.84 Å². The normalized spacial score (nSPS) is 13.0. The Balaban J connectivity index is 2.82. The molecule has 0 radical (unpaired) electrons. The predicted molar refractivity (Wildman–Crippen MR) is 85.7 cm³/mol. The summed E-state index contributed by atoms with van der Waals surface area (Å²) in [6.07, 6.45) is 3.95. The summed E-state index contributed by atoms with van der Waals surface area (Å²) in [6, 6.07) is 7.08. The molecule has 0 aliphatic carbocycles. The van der Waals surface area contributed by atoms with Gasteiger partial charge in [-0.3, -0.25) is 4.79 Å². The standard InChI is InChI=1S/C16H25N3O2/c1-4-6-7-12(5-2)16(20)19(3)14-10-8-13(9-11-14)15(17)18-21/h8-12,21H,4-7H2,1-3H3,(H2,17,18). The van der Waals surface area contributed by atoms with E-state index in [1.54, 1.807) is 36.2 Å². The quantitative estimate of drug-likeness (QED) is 0.351. The Bertz CT molecular complexity index is 483. The molecule has 1 amide bonds. The van der Waals surface area contributed by atoms with Gasteiger partial charge >= 0.3 is 0 Å². The molecule has 1 unspecified atom stereocenters. The van der Waals surface area contributed by atoms with Crippen LogP contribution in [0.3, 0.4) is 0 Å². The highest BCUT2D eigenvalue weighted by molar-refractivity contribution is 5.98. The van der Waals surface area contributed by atoms with Crippen molar-refractivity contribution in [3.8, 4) is 0 Å². The second kappa shape index (κ2) is 8.29. The zero-order chi connectivity index (χ0) is 15.8. The first-order valence-corrected chi connectivity index (χ1v) is 7.40. The van der Waals surface area contributed by atoms with Crippen molar-refractivity contribution in [1.82, 2.24) is 0 Å². The highest BCUT2D eigenvalue weighted by Crippen LogP contribution is 2.20. The third kappa shape index (κ3) is 4.48. The number of oxime groups is 1. The predicted octanol–water partition coefficient (Wildman–Crippen LogP) is 2.96. The van der Waals surface area contributed by atoms with E-state index in [9.17, 15) is 4.79 Å². The van der Waals surface area contributed by atoms with E-state index in [1.807, 2.05) is 6.92 Å². The third-order valence-electron chi connectivity index (χ3n) is 3.74. The highest BCUT2D eigenvalue weighted by atomic mass is 16.4. The number of carbonyl (C=O) groups excluding carboxylic acids is 1. The SMILES string of the molecule is CCCCC(CC)C(=O)N(C)c1ccc(C(N)=NO)cc1. The number of hydrogen-bond acceptors (Lipinski definition) is 3. The maximum absolute atomic E-state index is 12.5. The van der Waals surface area contributed by atoms with E-state index in [-0.39, 0.29) is 17.7 Å². The molecule has 5 nitrogen and oxygen atoms in total. The molecule has 1 aromatic carbocycles. The number of anilines is 1. The van der Waals surface area contributed by atoms with Gasteiger partial charge in [0.1, 0.15) is 0 Å². The monoisotopic (exact) mass is 291 g/mol. The van der Waals surface area contributed by atoms with Crippen molar-refractivity contribution in [3.05, 3.63) is 29.8 Å². The topological polar surface area (TPSA) is 78.9 Å². The van der Waals surface area contributed by atoms with Crippen molar-refractivity contribution in [2.24, 2.45) is 16.8 Å². The summed E-state index contributed by atoms with van der Waals surface area (Å²) < 4.78 is 0. The number of hydrogen-bond donors (Lipinski definition) is 2. The Labute approximate surface area is 126 Å². The van der Waals surface area contributed by atoms with Crippen LogP contribution < -0.4 is 10.6 Å². The number of unbranched alkanes of at least 4 members (excludes halogenated alkanes) is 1. The molecular formula is C16H25N3O2. The molecule has 0 heterocycles. The fourth-order valence-electron chi connectivity index (χ4n) is 2.27. The summed E-state index contributed by atoms with van der Waals surface area (Å²) in [5, 5.41) is 11.6. The van der Waals surface area contributed by atoms with Crippen LogP contribution in [0.2, 0.25) is 0 Å². The molecule has 0 aliphatic rings. The summed E-state index contributed by atoms with van der Waals surface area (Å²) in [4.78, 5) is 14.2. The highest BCUT2D eigenvalue weighted by Gasteiger charge is 2.20. The number of amides is 1.